The molecule has 0 amide bonds. The number of hydrogen-bond donors (Lipinski definition) is 0. The zero-order valence-corrected chi connectivity index (χ0v) is 15.2. The van der Waals surface area contributed by atoms with Crippen LogP contribution < -0.4 is 5.46 Å². The third-order valence-electron chi connectivity index (χ3n) is 5.36. The fraction of sp³-hybridized carbons (Fsp3) is 0.556. The van der Waals surface area contributed by atoms with Crippen molar-refractivity contribution >= 4 is 12.6 Å². The lowest BCUT2D eigenvalue weighted by Crippen LogP contribution is -2.42. The minimum absolute atomic E-state index is 0.0542. The Bertz CT molecular complexity index is 705. The van der Waals surface area contributed by atoms with E-state index in [1.807, 2.05) is 29.8 Å². The van der Waals surface area contributed by atoms with Gasteiger partial charge in [-0.15, -0.1) is 0 Å². The van der Waals surface area contributed by atoms with Crippen LogP contribution in [0.2, 0.25) is 0 Å². The molecule has 5 nitrogen and oxygen atoms in total. The van der Waals surface area contributed by atoms with Crippen LogP contribution in [0.4, 0.5) is 0 Å². The Labute approximate surface area is 144 Å². The summed E-state index contributed by atoms with van der Waals surface area (Å²) in [6, 6.07) is 8.13. The van der Waals surface area contributed by atoms with Gasteiger partial charge >= 0.3 is 7.12 Å². The minimum Gasteiger partial charge on any atom is -0.402 e. The highest BCUT2D eigenvalue weighted by molar-refractivity contribution is 6.62. The summed E-state index contributed by atoms with van der Waals surface area (Å²) >= 11 is 0. The van der Waals surface area contributed by atoms with Gasteiger partial charge in [-0.1, -0.05) is 44.5 Å². The molecule has 1 aromatic carbocycles. The molecule has 128 valence electrons. The second-order valence-corrected chi connectivity index (χ2v) is 6.77. The molecule has 3 atom stereocenters. The molecule has 1 aliphatic rings. The molecule has 0 aliphatic carbocycles. The van der Waals surface area contributed by atoms with E-state index in [9.17, 15) is 0 Å². The van der Waals surface area contributed by atoms with Crippen LogP contribution in [-0.2, 0) is 15.9 Å². The van der Waals surface area contributed by atoms with Crippen molar-refractivity contribution < 1.29 is 9.31 Å². The zero-order valence-electron chi connectivity index (χ0n) is 15.2. The van der Waals surface area contributed by atoms with E-state index < -0.39 is 0 Å². The van der Waals surface area contributed by atoms with Crippen LogP contribution in [-0.4, -0.2) is 33.6 Å². The molecule has 2 aromatic rings. The van der Waals surface area contributed by atoms with E-state index in [0.717, 1.165) is 29.8 Å². The SMILES string of the molecule is CCC(C)C1(C)OB(c2cccc(-c3ncn(CC)n3)c2)OC1C. The van der Waals surface area contributed by atoms with Crippen LogP contribution in [0, 0.1) is 5.92 Å². The third-order valence-corrected chi connectivity index (χ3v) is 5.36. The summed E-state index contributed by atoms with van der Waals surface area (Å²) < 4.78 is 14.3. The number of hydrogen-bond acceptors (Lipinski definition) is 4. The summed E-state index contributed by atoms with van der Waals surface area (Å²) in [5, 5.41) is 4.48. The van der Waals surface area contributed by atoms with E-state index in [2.05, 4.69) is 43.8 Å². The van der Waals surface area contributed by atoms with Gasteiger partial charge in [-0.25, -0.2) is 4.98 Å². The maximum atomic E-state index is 6.35. The third kappa shape index (κ3) is 3.00. The van der Waals surface area contributed by atoms with E-state index in [1.54, 1.807) is 6.33 Å². The van der Waals surface area contributed by atoms with Crippen molar-refractivity contribution in [1.29, 1.82) is 0 Å². The quantitative estimate of drug-likeness (QED) is 0.793. The molecule has 3 unspecified atom stereocenters. The molecule has 6 heteroatoms. The Hall–Kier alpha value is -1.66. The Morgan fingerprint density at radius 1 is 1.38 bits per heavy atom. The Morgan fingerprint density at radius 3 is 2.83 bits per heavy atom. The number of benzene rings is 1. The lowest BCUT2D eigenvalue weighted by molar-refractivity contribution is 0.0110. The molecular formula is C18H26BN3O2. The second kappa shape index (κ2) is 6.69. The summed E-state index contributed by atoms with van der Waals surface area (Å²) in [5.41, 5.74) is 1.73. The van der Waals surface area contributed by atoms with Crippen LogP contribution in [0.15, 0.2) is 30.6 Å². The average Bonchev–Trinajstić information content (AvgIpc) is 3.20. The highest BCUT2D eigenvalue weighted by Crippen LogP contribution is 2.36. The lowest BCUT2D eigenvalue weighted by Gasteiger charge is -2.33. The van der Waals surface area contributed by atoms with E-state index in [0.29, 0.717) is 5.92 Å². The molecule has 0 bridgehead atoms. The van der Waals surface area contributed by atoms with Crippen molar-refractivity contribution in [1.82, 2.24) is 14.8 Å². The summed E-state index contributed by atoms with van der Waals surface area (Å²) in [5.74, 6) is 1.16. The van der Waals surface area contributed by atoms with E-state index in [4.69, 9.17) is 9.31 Å². The summed E-state index contributed by atoms with van der Waals surface area (Å²) in [7, 11) is -0.341. The van der Waals surface area contributed by atoms with Gasteiger partial charge in [0, 0.05) is 12.1 Å². The summed E-state index contributed by atoms with van der Waals surface area (Å²) in [6.07, 6.45) is 2.88. The smallest absolute Gasteiger partial charge is 0.402 e. The van der Waals surface area contributed by atoms with Gasteiger partial charge in [-0.2, -0.15) is 5.10 Å². The van der Waals surface area contributed by atoms with Crippen molar-refractivity contribution in [2.45, 2.75) is 59.3 Å². The van der Waals surface area contributed by atoms with Gasteiger partial charge < -0.3 is 9.31 Å². The molecular weight excluding hydrogens is 301 g/mol. The fourth-order valence-electron chi connectivity index (χ4n) is 3.15. The van der Waals surface area contributed by atoms with Crippen LogP contribution >= 0.6 is 0 Å². The van der Waals surface area contributed by atoms with E-state index in [1.165, 1.54) is 0 Å². The predicted molar refractivity (Wildman–Crippen MR) is 96.0 cm³/mol. The zero-order chi connectivity index (χ0) is 17.3. The van der Waals surface area contributed by atoms with Crippen molar-refractivity contribution in [2.75, 3.05) is 0 Å². The van der Waals surface area contributed by atoms with Gasteiger partial charge in [0.05, 0.1) is 11.7 Å². The largest absolute Gasteiger partial charge is 0.494 e. The van der Waals surface area contributed by atoms with Gasteiger partial charge in [-0.3, -0.25) is 4.68 Å². The van der Waals surface area contributed by atoms with Crippen molar-refractivity contribution in [3.05, 3.63) is 30.6 Å². The second-order valence-electron chi connectivity index (χ2n) is 6.77. The molecule has 24 heavy (non-hydrogen) atoms. The maximum absolute atomic E-state index is 6.35. The van der Waals surface area contributed by atoms with Crippen molar-refractivity contribution in [3.63, 3.8) is 0 Å². The Kier molecular flexibility index (Phi) is 4.79. The number of aryl methyl sites for hydroxylation is 1. The van der Waals surface area contributed by atoms with Crippen LogP contribution in [0.25, 0.3) is 11.4 Å². The molecule has 1 fully saturated rings. The fourth-order valence-corrected chi connectivity index (χ4v) is 3.15. The normalized spacial score (nSPS) is 25.2. The molecule has 1 saturated heterocycles. The van der Waals surface area contributed by atoms with Crippen LogP contribution in [0.5, 0.6) is 0 Å². The highest BCUT2D eigenvalue weighted by atomic mass is 16.7. The molecule has 1 aliphatic heterocycles. The first-order valence-electron chi connectivity index (χ1n) is 8.81. The molecule has 3 rings (SSSR count). The first-order chi connectivity index (χ1) is 11.5. The number of nitrogens with zero attached hydrogens (tertiary/aromatic N) is 3. The van der Waals surface area contributed by atoms with E-state index >= 15 is 0 Å². The van der Waals surface area contributed by atoms with Crippen molar-refractivity contribution in [3.8, 4) is 11.4 Å². The lowest BCUT2D eigenvalue weighted by atomic mass is 9.78. The monoisotopic (exact) mass is 327 g/mol. The summed E-state index contributed by atoms with van der Waals surface area (Å²) in [4.78, 5) is 4.38. The average molecular weight is 327 g/mol. The van der Waals surface area contributed by atoms with E-state index in [-0.39, 0.29) is 18.8 Å². The first-order valence-corrected chi connectivity index (χ1v) is 8.81. The minimum atomic E-state index is -0.341. The molecule has 0 radical (unpaired) electrons. The molecule has 0 N–H and O–H groups in total. The Morgan fingerprint density at radius 2 is 2.17 bits per heavy atom. The van der Waals surface area contributed by atoms with Crippen LogP contribution in [0.1, 0.15) is 41.0 Å². The van der Waals surface area contributed by atoms with Gasteiger partial charge in [-0.05, 0) is 32.2 Å². The molecule has 0 spiro atoms. The van der Waals surface area contributed by atoms with Gasteiger partial charge in [0.1, 0.15) is 6.33 Å². The first kappa shape index (κ1) is 17.2. The maximum Gasteiger partial charge on any atom is 0.494 e. The molecule has 0 saturated carbocycles. The number of rotatable bonds is 5. The summed E-state index contributed by atoms with van der Waals surface area (Å²) in [6.45, 7) is 11.5. The predicted octanol–water partition coefficient (Wildman–Crippen LogP) is 2.90. The van der Waals surface area contributed by atoms with Gasteiger partial charge in [0.15, 0.2) is 5.82 Å². The molecule has 1 aromatic heterocycles. The topological polar surface area (TPSA) is 49.2 Å². The van der Waals surface area contributed by atoms with Gasteiger partial charge in [0.2, 0.25) is 0 Å². The Balaban J connectivity index is 1.85. The highest BCUT2D eigenvalue weighted by Gasteiger charge is 2.49. The van der Waals surface area contributed by atoms with Crippen LogP contribution in [0.3, 0.4) is 0 Å². The van der Waals surface area contributed by atoms with Crippen molar-refractivity contribution in [2.24, 2.45) is 5.92 Å². The number of aromatic nitrogens is 3. The molecule has 2 heterocycles. The van der Waals surface area contributed by atoms with Gasteiger partial charge in [0.25, 0.3) is 0 Å². The standard InChI is InChI=1S/C18H26BN3O2/c1-6-13(3)18(5)14(4)23-19(24-18)16-10-8-9-15(11-16)17-20-12-22(7-2)21-17/h8-14H,6-7H2,1-5H3.